The van der Waals surface area contributed by atoms with Crippen molar-refractivity contribution in [2.45, 2.75) is 45.1 Å². The first-order chi connectivity index (χ1) is 16.1. The van der Waals surface area contributed by atoms with Crippen molar-refractivity contribution >= 4 is 11.6 Å². The van der Waals surface area contributed by atoms with Crippen molar-refractivity contribution in [1.29, 1.82) is 0 Å². The molecule has 4 rings (SSSR count). The van der Waals surface area contributed by atoms with Gasteiger partial charge < -0.3 is 14.8 Å². The molecule has 2 aromatic carbocycles. The molecule has 1 amide bonds. The summed E-state index contributed by atoms with van der Waals surface area (Å²) in [5.74, 6) is 0.776. The van der Waals surface area contributed by atoms with E-state index in [-0.39, 0.29) is 11.5 Å². The highest BCUT2D eigenvalue weighted by Gasteiger charge is 2.27. The number of hydrogen-bond donors (Lipinski definition) is 1. The van der Waals surface area contributed by atoms with Crippen LogP contribution in [-0.4, -0.2) is 29.9 Å². The van der Waals surface area contributed by atoms with E-state index in [1.165, 1.54) is 11.8 Å². The van der Waals surface area contributed by atoms with Crippen LogP contribution in [0.5, 0.6) is 11.5 Å². The Morgan fingerprint density at radius 3 is 2.45 bits per heavy atom. The van der Waals surface area contributed by atoms with Crippen molar-refractivity contribution in [2.75, 3.05) is 19.5 Å². The van der Waals surface area contributed by atoms with E-state index in [4.69, 9.17) is 14.6 Å². The van der Waals surface area contributed by atoms with E-state index in [0.29, 0.717) is 30.0 Å². The number of aromatic nitrogens is 2. The Labute approximate surface area is 193 Å². The van der Waals surface area contributed by atoms with Crippen LogP contribution in [0.25, 0.3) is 11.3 Å². The maximum atomic E-state index is 13.5. The molecule has 1 N–H and O–H groups in total. The summed E-state index contributed by atoms with van der Waals surface area (Å²) in [5, 5.41) is 7.66. The largest absolute Gasteiger partial charge is 0.497 e. The van der Waals surface area contributed by atoms with Gasteiger partial charge in [0.05, 0.1) is 25.6 Å². The number of nitrogens with one attached hydrogen (secondary N) is 1. The smallest absolute Gasteiger partial charge is 0.271 e. The van der Waals surface area contributed by atoms with Gasteiger partial charge in [-0.25, -0.2) is 4.68 Å². The van der Waals surface area contributed by atoms with Gasteiger partial charge in [0, 0.05) is 17.2 Å². The summed E-state index contributed by atoms with van der Waals surface area (Å²) >= 11 is 0. The van der Waals surface area contributed by atoms with Crippen LogP contribution in [0.4, 0.5) is 5.69 Å². The minimum Gasteiger partial charge on any atom is -0.497 e. The number of nitrogens with zero attached hydrogens (tertiary/aromatic N) is 2. The fourth-order valence-corrected chi connectivity index (χ4v) is 4.39. The predicted molar refractivity (Wildman–Crippen MR) is 128 cm³/mol. The predicted octanol–water partition coefficient (Wildman–Crippen LogP) is 4.40. The van der Waals surface area contributed by atoms with Crippen LogP contribution in [0.1, 0.15) is 43.4 Å². The summed E-state index contributed by atoms with van der Waals surface area (Å²) in [6.45, 7) is 1.88. The van der Waals surface area contributed by atoms with Gasteiger partial charge >= 0.3 is 0 Å². The van der Waals surface area contributed by atoms with E-state index < -0.39 is 6.04 Å². The highest BCUT2D eigenvalue weighted by molar-refractivity contribution is 5.95. The van der Waals surface area contributed by atoms with Crippen LogP contribution in [0, 0.1) is 0 Å². The summed E-state index contributed by atoms with van der Waals surface area (Å²) in [6, 6.07) is 14.3. The standard InChI is InChI=1S/C26H29N3O4/c1-4-22(25(30)27-21-16-18(32-2)14-15-23(21)33-3)29-26(31)20-13-9-8-12-19(20)24(28-29)17-10-6-5-7-11-17/h5-7,10-11,14-16,22H,4,8-9,12-13H2,1-3H3,(H,27,30)/t22-/m1/s1. The molecule has 0 spiro atoms. The maximum absolute atomic E-state index is 13.5. The molecule has 0 saturated heterocycles. The Balaban J connectivity index is 1.77. The molecule has 1 aliphatic rings. The fraction of sp³-hybridized carbons (Fsp3) is 0.346. The van der Waals surface area contributed by atoms with Gasteiger partial charge in [-0.2, -0.15) is 5.10 Å². The van der Waals surface area contributed by atoms with E-state index in [0.717, 1.165) is 41.6 Å². The second-order valence-electron chi connectivity index (χ2n) is 8.11. The number of anilines is 1. The van der Waals surface area contributed by atoms with Crippen LogP contribution >= 0.6 is 0 Å². The molecule has 172 valence electrons. The SMILES string of the molecule is CC[C@H](C(=O)Nc1cc(OC)ccc1OC)n1nc(-c2ccccc2)c2c(c1=O)CCCC2. The molecule has 33 heavy (non-hydrogen) atoms. The van der Waals surface area contributed by atoms with Crippen molar-refractivity contribution in [1.82, 2.24) is 9.78 Å². The Morgan fingerprint density at radius 1 is 1.06 bits per heavy atom. The molecule has 0 radical (unpaired) electrons. The third-order valence-corrected chi connectivity index (χ3v) is 6.12. The number of methoxy groups -OCH3 is 2. The van der Waals surface area contributed by atoms with Crippen molar-refractivity contribution in [3.05, 3.63) is 70.0 Å². The zero-order valence-corrected chi connectivity index (χ0v) is 19.3. The lowest BCUT2D eigenvalue weighted by Gasteiger charge is -2.24. The topological polar surface area (TPSA) is 82.4 Å². The summed E-state index contributed by atoms with van der Waals surface area (Å²) in [6.07, 6.45) is 3.94. The lowest BCUT2D eigenvalue weighted by Crippen LogP contribution is -2.38. The Morgan fingerprint density at radius 2 is 1.79 bits per heavy atom. The first kappa shape index (κ1) is 22.6. The number of fused-ring (bicyclic) bond motifs is 1. The van der Waals surface area contributed by atoms with E-state index in [9.17, 15) is 9.59 Å². The average Bonchev–Trinajstić information content (AvgIpc) is 2.86. The second-order valence-corrected chi connectivity index (χ2v) is 8.11. The van der Waals surface area contributed by atoms with Gasteiger partial charge in [0.1, 0.15) is 17.5 Å². The summed E-state index contributed by atoms with van der Waals surface area (Å²) < 4.78 is 12.0. The third-order valence-electron chi connectivity index (χ3n) is 6.12. The zero-order valence-electron chi connectivity index (χ0n) is 19.3. The highest BCUT2D eigenvalue weighted by atomic mass is 16.5. The Bertz CT molecular complexity index is 1200. The monoisotopic (exact) mass is 447 g/mol. The minimum atomic E-state index is -0.761. The molecule has 0 unspecified atom stereocenters. The van der Waals surface area contributed by atoms with Gasteiger partial charge in [-0.05, 0) is 49.8 Å². The van der Waals surface area contributed by atoms with Crippen LogP contribution in [0.3, 0.4) is 0 Å². The van der Waals surface area contributed by atoms with Crippen molar-refractivity contribution < 1.29 is 14.3 Å². The molecule has 1 aliphatic carbocycles. The number of benzene rings is 2. The molecule has 0 fully saturated rings. The third kappa shape index (κ3) is 4.49. The van der Waals surface area contributed by atoms with Crippen molar-refractivity contribution in [2.24, 2.45) is 0 Å². The number of hydrogen-bond acceptors (Lipinski definition) is 5. The van der Waals surface area contributed by atoms with Crippen LogP contribution in [-0.2, 0) is 17.6 Å². The molecule has 3 aromatic rings. The molecular weight excluding hydrogens is 418 g/mol. The normalized spacial score (nSPS) is 13.7. The quantitative estimate of drug-likeness (QED) is 0.581. The molecule has 7 nitrogen and oxygen atoms in total. The van der Waals surface area contributed by atoms with Crippen LogP contribution in [0.15, 0.2) is 53.3 Å². The van der Waals surface area contributed by atoms with Crippen LogP contribution < -0.4 is 20.3 Å². The summed E-state index contributed by atoms with van der Waals surface area (Å²) in [5.41, 5.74) is 3.83. The fourth-order valence-electron chi connectivity index (χ4n) is 4.39. The van der Waals surface area contributed by atoms with Gasteiger partial charge in [0.25, 0.3) is 5.56 Å². The molecule has 7 heteroatoms. The maximum Gasteiger partial charge on any atom is 0.271 e. The van der Waals surface area contributed by atoms with Gasteiger partial charge in [-0.3, -0.25) is 9.59 Å². The van der Waals surface area contributed by atoms with Crippen LogP contribution in [0.2, 0.25) is 0 Å². The minimum absolute atomic E-state index is 0.177. The number of amides is 1. The lowest BCUT2D eigenvalue weighted by molar-refractivity contribution is -0.119. The Hall–Kier alpha value is -3.61. The summed E-state index contributed by atoms with van der Waals surface area (Å²) in [7, 11) is 3.10. The van der Waals surface area contributed by atoms with Gasteiger partial charge in [-0.15, -0.1) is 0 Å². The number of ether oxygens (including phenoxy) is 2. The average molecular weight is 448 g/mol. The number of carbonyl (C=O) groups excluding carboxylic acids is 1. The van der Waals surface area contributed by atoms with Gasteiger partial charge in [0.2, 0.25) is 5.91 Å². The van der Waals surface area contributed by atoms with E-state index in [1.807, 2.05) is 37.3 Å². The first-order valence-corrected chi connectivity index (χ1v) is 11.3. The van der Waals surface area contributed by atoms with Gasteiger partial charge in [-0.1, -0.05) is 37.3 Å². The Kier molecular flexibility index (Phi) is 6.77. The molecule has 1 heterocycles. The molecule has 1 atom stereocenters. The molecule has 0 bridgehead atoms. The highest BCUT2D eigenvalue weighted by Crippen LogP contribution is 2.31. The summed E-state index contributed by atoms with van der Waals surface area (Å²) in [4.78, 5) is 26.8. The number of rotatable bonds is 7. The van der Waals surface area contributed by atoms with Gasteiger partial charge in [0.15, 0.2) is 0 Å². The van der Waals surface area contributed by atoms with E-state index in [1.54, 1.807) is 25.3 Å². The van der Waals surface area contributed by atoms with Crippen molar-refractivity contribution in [3.8, 4) is 22.8 Å². The van der Waals surface area contributed by atoms with E-state index >= 15 is 0 Å². The molecule has 0 saturated carbocycles. The molecule has 1 aromatic heterocycles. The zero-order chi connectivity index (χ0) is 23.4. The van der Waals surface area contributed by atoms with E-state index in [2.05, 4.69) is 5.32 Å². The lowest BCUT2D eigenvalue weighted by atomic mass is 9.89. The number of carbonyl (C=O) groups is 1. The molecular formula is C26H29N3O4. The first-order valence-electron chi connectivity index (χ1n) is 11.3. The second kappa shape index (κ2) is 9.90. The van der Waals surface area contributed by atoms with Crippen molar-refractivity contribution in [3.63, 3.8) is 0 Å². The molecule has 0 aliphatic heterocycles.